The zero-order valence-corrected chi connectivity index (χ0v) is 11.9. The molecule has 0 bridgehead atoms. The number of halogens is 1. The maximum Gasteiger partial charge on any atom is 0.241 e. The summed E-state index contributed by atoms with van der Waals surface area (Å²) in [7, 11) is -3.43. The van der Waals surface area contributed by atoms with E-state index in [1.165, 1.54) is 0 Å². The molecule has 96 valence electrons. The van der Waals surface area contributed by atoms with E-state index in [9.17, 15) is 8.42 Å². The van der Waals surface area contributed by atoms with E-state index in [2.05, 4.69) is 4.72 Å². The summed E-state index contributed by atoms with van der Waals surface area (Å²) in [5, 5.41) is 0. The van der Waals surface area contributed by atoms with E-state index in [0.29, 0.717) is 5.88 Å². The lowest BCUT2D eigenvalue weighted by molar-refractivity contribution is 0.491. The standard InChI is InChI=1S/C12H18ClNO2S/c1-12(2,3)14-17(15,16)11-6-4-10(5-7-11)8-9-13/h4-7,14H,8-9H2,1-3H3. The van der Waals surface area contributed by atoms with Gasteiger partial charge in [-0.2, -0.15) is 0 Å². The molecule has 0 saturated carbocycles. The van der Waals surface area contributed by atoms with Crippen LogP contribution in [0.4, 0.5) is 0 Å². The van der Waals surface area contributed by atoms with Gasteiger partial charge in [-0.15, -0.1) is 11.6 Å². The van der Waals surface area contributed by atoms with Gasteiger partial charge in [0, 0.05) is 11.4 Å². The van der Waals surface area contributed by atoms with Gasteiger partial charge in [-0.3, -0.25) is 0 Å². The average molecular weight is 276 g/mol. The summed E-state index contributed by atoms with van der Waals surface area (Å²) < 4.78 is 26.6. The summed E-state index contributed by atoms with van der Waals surface area (Å²) in [4.78, 5) is 0.283. The van der Waals surface area contributed by atoms with Crippen molar-refractivity contribution in [3.63, 3.8) is 0 Å². The number of alkyl halides is 1. The van der Waals surface area contributed by atoms with Crippen molar-refractivity contribution in [2.75, 3.05) is 5.88 Å². The molecular weight excluding hydrogens is 258 g/mol. The van der Waals surface area contributed by atoms with E-state index in [1.807, 2.05) is 20.8 Å². The van der Waals surface area contributed by atoms with Crippen LogP contribution in [0.3, 0.4) is 0 Å². The molecule has 0 aliphatic carbocycles. The second kappa shape index (κ2) is 5.38. The molecule has 1 aromatic carbocycles. The molecule has 0 unspecified atom stereocenters. The predicted molar refractivity (Wildman–Crippen MR) is 70.9 cm³/mol. The van der Waals surface area contributed by atoms with Crippen LogP contribution in [0.25, 0.3) is 0 Å². The first-order valence-corrected chi connectivity index (χ1v) is 7.45. The molecule has 0 saturated heterocycles. The SMILES string of the molecule is CC(C)(C)NS(=O)(=O)c1ccc(CCCl)cc1. The van der Waals surface area contributed by atoms with Crippen LogP contribution in [0, 0.1) is 0 Å². The quantitative estimate of drug-likeness (QED) is 0.859. The third-order valence-electron chi connectivity index (χ3n) is 2.06. The number of rotatable bonds is 4. The molecule has 0 aliphatic rings. The summed E-state index contributed by atoms with van der Waals surface area (Å²) in [6, 6.07) is 6.80. The van der Waals surface area contributed by atoms with E-state index in [4.69, 9.17) is 11.6 Å². The Labute approximate surface area is 108 Å². The van der Waals surface area contributed by atoms with E-state index < -0.39 is 15.6 Å². The second-order valence-electron chi connectivity index (χ2n) is 4.94. The summed E-state index contributed by atoms with van der Waals surface area (Å²) in [5.74, 6) is 0.534. The van der Waals surface area contributed by atoms with Gasteiger partial charge in [0.2, 0.25) is 10.0 Å². The van der Waals surface area contributed by atoms with Crippen LogP contribution in [0.1, 0.15) is 26.3 Å². The van der Waals surface area contributed by atoms with Crippen LogP contribution in [0.2, 0.25) is 0 Å². The van der Waals surface area contributed by atoms with Crippen molar-refractivity contribution < 1.29 is 8.42 Å². The van der Waals surface area contributed by atoms with Gasteiger partial charge in [0.05, 0.1) is 4.90 Å². The highest BCUT2D eigenvalue weighted by molar-refractivity contribution is 7.89. The summed E-state index contributed by atoms with van der Waals surface area (Å²) >= 11 is 5.62. The average Bonchev–Trinajstić information content (AvgIpc) is 2.15. The van der Waals surface area contributed by atoms with Gasteiger partial charge < -0.3 is 0 Å². The van der Waals surface area contributed by atoms with Crippen molar-refractivity contribution in [1.82, 2.24) is 4.72 Å². The third-order valence-corrected chi connectivity index (χ3v) is 4.02. The van der Waals surface area contributed by atoms with Gasteiger partial charge in [-0.25, -0.2) is 13.1 Å². The van der Waals surface area contributed by atoms with Gasteiger partial charge in [-0.05, 0) is 44.9 Å². The topological polar surface area (TPSA) is 46.2 Å². The first-order chi connectivity index (χ1) is 7.74. The molecular formula is C12H18ClNO2S. The van der Waals surface area contributed by atoms with E-state index in [-0.39, 0.29) is 4.90 Å². The lowest BCUT2D eigenvalue weighted by atomic mass is 10.1. The van der Waals surface area contributed by atoms with Gasteiger partial charge in [0.25, 0.3) is 0 Å². The molecule has 1 N–H and O–H groups in total. The lowest BCUT2D eigenvalue weighted by Crippen LogP contribution is -2.40. The van der Waals surface area contributed by atoms with Crippen LogP contribution >= 0.6 is 11.6 Å². The van der Waals surface area contributed by atoms with Crippen LogP contribution < -0.4 is 4.72 Å². The third kappa shape index (κ3) is 4.66. The molecule has 0 atom stereocenters. The fraction of sp³-hybridized carbons (Fsp3) is 0.500. The summed E-state index contributed by atoms with van der Waals surface area (Å²) in [6.45, 7) is 5.44. The largest absolute Gasteiger partial charge is 0.241 e. The Morgan fingerprint density at radius 3 is 2.12 bits per heavy atom. The molecule has 0 aromatic heterocycles. The maximum atomic E-state index is 12.0. The highest BCUT2D eigenvalue weighted by atomic mass is 35.5. The Hall–Kier alpha value is -0.580. The number of aryl methyl sites for hydroxylation is 1. The van der Waals surface area contributed by atoms with E-state index >= 15 is 0 Å². The van der Waals surface area contributed by atoms with Crippen molar-refractivity contribution in [3.05, 3.63) is 29.8 Å². The lowest BCUT2D eigenvalue weighted by Gasteiger charge is -2.20. The molecule has 17 heavy (non-hydrogen) atoms. The molecule has 0 radical (unpaired) electrons. The Kier molecular flexibility index (Phi) is 4.58. The molecule has 0 amide bonds. The minimum atomic E-state index is -3.43. The molecule has 0 fully saturated rings. The van der Waals surface area contributed by atoms with Crippen molar-refractivity contribution in [2.45, 2.75) is 37.6 Å². The van der Waals surface area contributed by atoms with Crippen molar-refractivity contribution in [2.24, 2.45) is 0 Å². The highest BCUT2D eigenvalue weighted by Crippen LogP contribution is 2.14. The Bertz CT molecular complexity index is 460. The fourth-order valence-corrected chi connectivity index (χ4v) is 3.04. The predicted octanol–water partition coefficient (Wildman–Crippen LogP) is 2.54. The molecule has 5 heteroatoms. The van der Waals surface area contributed by atoms with Crippen molar-refractivity contribution >= 4 is 21.6 Å². The first-order valence-electron chi connectivity index (χ1n) is 5.43. The second-order valence-corrected chi connectivity index (χ2v) is 7.00. The Balaban J connectivity index is 2.93. The summed E-state index contributed by atoms with van der Waals surface area (Å²) in [6.07, 6.45) is 0.745. The van der Waals surface area contributed by atoms with Crippen LogP contribution in [-0.2, 0) is 16.4 Å². The van der Waals surface area contributed by atoms with Crippen molar-refractivity contribution in [1.29, 1.82) is 0 Å². The molecule has 0 spiro atoms. The first kappa shape index (κ1) is 14.5. The van der Waals surface area contributed by atoms with Crippen molar-refractivity contribution in [3.8, 4) is 0 Å². The smallest absolute Gasteiger partial charge is 0.207 e. The minimum Gasteiger partial charge on any atom is -0.207 e. The normalized spacial score (nSPS) is 12.7. The minimum absolute atomic E-state index is 0.283. The number of benzene rings is 1. The van der Waals surface area contributed by atoms with Crippen LogP contribution in [0.15, 0.2) is 29.2 Å². The van der Waals surface area contributed by atoms with Gasteiger partial charge in [-0.1, -0.05) is 12.1 Å². The van der Waals surface area contributed by atoms with E-state index in [0.717, 1.165) is 12.0 Å². The number of sulfonamides is 1. The van der Waals surface area contributed by atoms with Crippen LogP contribution in [-0.4, -0.2) is 19.8 Å². The zero-order valence-electron chi connectivity index (χ0n) is 10.3. The number of hydrogen-bond donors (Lipinski definition) is 1. The molecule has 0 heterocycles. The molecule has 1 rings (SSSR count). The highest BCUT2D eigenvalue weighted by Gasteiger charge is 2.21. The number of hydrogen-bond acceptors (Lipinski definition) is 2. The fourth-order valence-electron chi connectivity index (χ4n) is 1.41. The van der Waals surface area contributed by atoms with Gasteiger partial charge in [0.1, 0.15) is 0 Å². The monoisotopic (exact) mass is 275 g/mol. The molecule has 3 nitrogen and oxygen atoms in total. The maximum absolute atomic E-state index is 12.0. The van der Waals surface area contributed by atoms with E-state index in [1.54, 1.807) is 24.3 Å². The zero-order chi connectivity index (χ0) is 13.1. The summed E-state index contributed by atoms with van der Waals surface area (Å²) in [5.41, 5.74) is 0.558. The Morgan fingerprint density at radius 1 is 1.18 bits per heavy atom. The molecule has 0 aliphatic heterocycles. The Morgan fingerprint density at radius 2 is 1.71 bits per heavy atom. The van der Waals surface area contributed by atoms with Crippen LogP contribution in [0.5, 0.6) is 0 Å². The number of nitrogens with one attached hydrogen (secondary N) is 1. The van der Waals surface area contributed by atoms with Gasteiger partial charge >= 0.3 is 0 Å². The molecule has 1 aromatic rings. The van der Waals surface area contributed by atoms with Gasteiger partial charge in [0.15, 0.2) is 0 Å².